The van der Waals surface area contributed by atoms with Crippen LogP contribution in [0.3, 0.4) is 0 Å². The summed E-state index contributed by atoms with van der Waals surface area (Å²) in [6.07, 6.45) is 0. The van der Waals surface area contributed by atoms with Crippen LogP contribution >= 0.6 is 0 Å². The van der Waals surface area contributed by atoms with Gasteiger partial charge in [0.1, 0.15) is 11.6 Å². The molecule has 2 nitrogen and oxygen atoms in total. The molecule has 1 amide bonds. The van der Waals surface area contributed by atoms with E-state index >= 15 is 0 Å². The van der Waals surface area contributed by atoms with Crippen molar-refractivity contribution in [2.24, 2.45) is 5.73 Å². The van der Waals surface area contributed by atoms with Crippen LogP contribution in [0.15, 0.2) is 42.5 Å². The van der Waals surface area contributed by atoms with Crippen molar-refractivity contribution in [1.82, 2.24) is 0 Å². The molecule has 0 unspecified atom stereocenters. The van der Waals surface area contributed by atoms with Crippen molar-refractivity contribution < 1.29 is 13.6 Å². The summed E-state index contributed by atoms with van der Waals surface area (Å²) in [6.45, 7) is 0. The number of carbonyl (C=O) groups is 1. The SMILES string of the molecule is NC(=O)c1cccc(F)c1-c1cccc(F)c1. The minimum Gasteiger partial charge on any atom is -0.366 e. The second-order valence-corrected chi connectivity index (χ2v) is 3.54. The summed E-state index contributed by atoms with van der Waals surface area (Å²) in [5.41, 5.74) is 5.51. The number of hydrogen-bond acceptors (Lipinski definition) is 1. The van der Waals surface area contributed by atoms with Crippen molar-refractivity contribution in [3.63, 3.8) is 0 Å². The highest BCUT2D eigenvalue weighted by molar-refractivity contribution is 5.99. The van der Waals surface area contributed by atoms with E-state index in [1.807, 2.05) is 0 Å². The zero-order chi connectivity index (χ0) is 12.4. The molecular formula is C13H9F2NO. The van der Waals surface area contributed by atoms with Gasteiger partial charge in [0.15, 0.2) is 0 Å². The van der Waals surface area contributed by atoms with Crippen LogP contribution in [0.5, 0.6) is 0 Å². The molecule has 2 aromatic carbocycles. The number of nitrogens with two attached hydrogens (primary N) is 1. The molecular weight excluding hydrogens is 224 g/mol. The molecule has 2 rings (SSSR count). The lowest BCUT2D eigenvalue weighted by atomic mass is 9.98. The van der Waals surface area contributed by atoms with Gasteiger partial charge in [0.25, 0.3) is 0 Å². The Morgan fingerprint density at radius 3 is 2.41 bits per heavy atom. The van der Waals surface area contributed by atoms with E-state index in [2.05, 4.69) is 0 Å². The van der Waals surface area contributed by atoms with E-state index in [0.717, 1.165) is 6.07 Å². The molecule has 0 heterocycles. The van der Waals surface area contributed by atoms with Gasteiger partial charge in [-0.15, -0.1) is 0 Å². The first-order valence-corrected chi connectivity index (χ1v) is 4.94. The van der Waals surface area contributed by atoms with Gasteiger partial charge in [-0.2, -0.15) is 0 Å². The summed E-state index contributed by atoms with van der Waals surface area (Å²) in [5.74, 6) is -1.85. The second-order valence-electron chi connectivity index (χ2n) is 3.54. The minimum atomic E-state index is -0.747. The first-order chi connectivity index (χ1) is 8.09. The van der Waals surface area contributed by atoms with Gasteiger partial charge in [0.05, 0.1) is 0 Å². The quantitative estimate of drug-likeness (QED) is 0.851. The highest BCUT2D eigenvalue weighted by atomic mass is 19.1. The molecule has 17 heavy (non-hydrogen) atoms. The van der Waals surface area contributed by atoms with Gasteiger partial charge < -0.3 is 5.73 Å². The van der Waals surface area contributed by atoms with Crippen LogP contribution in [0.1, 0.15) is 10.4 Å². The summed E-state index contributed by atoms with van der Waals surface area (Å²) in [4.78, 5) is 11.2. The molecule has 0 radical (unpaired) electrons. The lowest BCUT2D eigenvalue weighted by molar-refractivity contribution is 0.100. The molecule has 4 heteroatoms. The van der Waals surface area contributed by atoms with Crippen molar-refractivity contribution >= 4 is 5.91 Å². The Morgan fingerprint density at radius 2 is 1.76 bits per heavy atom. The van der Waals surface area contributed by atoms with Crippen molar-refractivity contribution in [1.29, 1.82) is 0 Å². The Kier molecular flexibility index (Phi) is 2.87. The fourth-order valence-corrected chi connectivity index (χ4v) is 1.67. The maximum absolute atomic E-state index is 13.7. The highest BCUT2D eigenvalue weighted by Gasteiger charge is 2.14. The van der Waals surface area contributed by atoms with Crippen LogP contribution < -0.4 is 5.73 Å². The van der Waals surface area contributed by atoms with Crippen LogP contribution in [0.2, 0.25) is 0 Å². The largest absolute Gasteiger partial charge is 0.366 e. The molecule has 0 aromatic heterocycles. The molecule has 0 atom stereocenters. The number of carbonyl (C=O) groups excluding carboxylic acids is 1. The monoisotopic (exact) mass is 233 g/mol. The molecule has 2 aromatic rings. The Hall–Kier alpha value is -2.23. The molecule has 0 saturated carbocycles. The van der Waals surface area contributed by atoms with Gasteiger partial charge in [0, 0.05) is 11.1 Å². The molecule has 0 saturated heterocycles. The van der Waals surface area contributed by atoms with Crippen LogP contribution in [-0.2, 0) is 0 Å². The third-order valence-electron chi connectivity index (χ3n) is 2.39. The fraction of sp³-hybridized carbons (Fsp3) is 0. The predicted molar refractivity (Wildman–Crippen MR) is 60.3 cm³/mol. The molecule has 0 aliphatic rings. The van der Waals surface area contributed by atoms with Gasteiger partial charge >= 0.3 is 0 Å². The summed E-state index contributed by atoms with van der Waals surface area (Å²) >= 11 is 0. The average Bonchev–Trinajstić information content (AvgIpc) is 2.28. The van der Waals surface area contributed by atoms with E-state index in [0.29, 0.717) is 0 Å². The number of hydrogen-bond donors (Lipinski definition) is 1. The fourth-order valence-electron chi connectivity index (χ4n) is 1.67. The number of amides is 1. The predicted octanol–water partition coefficient (Wildman–Crippen LogP) is 2.73. The maximum atomic E-state index is 13.7. The van der Waals surface area contributed by atoms with Gasteiger partial charge in [-0.3, -0.25) is 4.79 Å². The third-order valence-corrected chi connectivity index (χ3v) is 2.39. The van der Waals surface area contributed by atoms with E-state index in [4.69, 9.17) is 5.73 Å². The van der Waals surface area contributed by atoms with Gasteiger partial charge in [-0.05, 0) is 29.8 Å². The smallest absolute Gasteiger partial charge is 0.249 e. The summed E-state index contributed by atoms with van der Waals surface area (Å²) in [7, 11) is 0. The van der Waals surface area contributed by atoms with Crippen molar-refractivity contribution in [2.45, 2.75) is 0 Å². The van der Waals surface area contributed by atoms with Crippen LogP contribution in [-0.4, -0.2) is 5.91 Å². The molecule has 0 aliphatic carbocycles. The molecule has 0 aliphatic heterocycles. The van der Waals surface area contributed by atoms with E-state index in [1.165, 1.54) is 36.4 Å². The number of halogens is 2. The normalized spacial score (nSPS) is 10.2. The standard InChI is InChI=1S/C13H9F2NO/c14-9-4-1-3-8(7-9)12-10(13(16)17)5-2-6-11(12)15/h1-7H,(H2,16,17). The van der Waals surface area contributed by atoms with Gasteiger partial charge in [-0.25, -0.2) is 8.78 Å². The second kappa shape index (κ2) is 4.33. The van der Waals surface area contributed by atoms with Crippen molar-refractivity contribution in [3.8, 4) is 11.1 Å². The molecule has 0 fully saturated rings. The van der Waals surface area contributed by atoms with E-state index < -0.39 is 17.5 Å². The lowest BCUT2D eigenvalue weighted by Gasteiger charge is -2.08. The number of primary amides is 1. The summed E-state index contributed by atoms with van der Waals surface area (Å²) in [5, 5.41) is 0. The molecule has 2 N–H and O–H groups in total. The van der Waals surface area contributed by atoms with E-state index in [1.54, 1.807) is 0 Å². The Balaban J connectivity index is 2.70. The third kappa shape index (κ3) is 2.15. The van der Waals surface area contributed by atoms with Crippen LogP contribution in [0.25, 0.3) is 11.1 Å². The number of benzene rings is 2. The topological polar surface area (TPSA) is 43.1 Å². The summed E-state index contributed by atoms with van der Waals surface area (Å²) in [6, 6.07) is 9.37. The van der Waals surface area contributed by atoms with E-state index in [9.17, 15) is 13.6 Å². The maximum Gasteiger partial charge on any atom is 0.249 e. The number of rotatable bonds is 2. The first kappa shape index (κ1) is 11.3. The zero-order valence-electron chi connectivity index (χ0n) is 8.78. The lowest BCUT2D eigenvalue weighted by Crippen LogP contribution is -2.13. The van der Waals surface area contributed by atoms with E-state index in [-0.39, 0.29) is 16.7 Å². The minimum absolute atomic E-state index is 0.0273. The summed E-state index contributed by atoms with van der Waals surface area (Å²) < 4.78 is 26.8. The first-order valence-electron chi connectivity index (χ1n) is 4.94. The van der Waals surface area contributed by atoms with Crippen molar-refractivity contribution in [2.75, 3.05) is 0 Å². The Bertz CT molecular complexity index is 581. The zero-order valence-corrected chi connectivity index (χ0v) is 8.78. The van der Waals surface area contributed by atoms with Gasteiger partial charge in [0.2, 0.25) is 5.91 Å². The highest BCUT2D eigenvalue weighted by Crippen LogP contribution is 2.27. The molecule has 0 bridgehead atoms. The van der Waals surface area contributed by atoms with Crippen LogP contribution in [0, 0.1) is 11.6 Å². The Morgan fingerprint density at radius 1 is 1.06 bits per heavy atom. The Labute approximate surface area is 96.7 Å². The van der Waals surface area contributed by atoms with Gasteiger partial charge in [-0.1, -0.05) is 18.2 Å². The van der Waals surface area contributed by atoms with Crippen molar-refractivity contribution in [3.05, 3.63) is 59.7 Å². The molecule has 0 spiro atoms. The van der Waals surface area contributed by atoms with Crippen LogP contribution in [0.4, 0.5) is 8.78 Å². The average molecular weight is 233 g/mol. The molecule has 86 valence electrons.